The van der Waals surface area contributed by atoms with Gasteiger partial charge in [0.2, 0.25) is 11.4 Å². The van der Waals surface area contributed by atoms with Crippen LogP contribution in [0, 0.1) is 0 Å². The van der Waals surface area contributed by atoms with Crippen LogP contribution >= 0.6 is 0 Å². The van der Waals surface area contributed by atoms with E-state index in [9.17, 15) is 5.53 Å². The van der Waals surface area contributed by atoms with Crippen molar-refractivity contribution in [2.45, 2.75) is 478 Å². The van der Waals surface area contributed by atoms with Crippen molar-refractivity contribution in [2.24, 2.45) is 0 Å². The summed E-state index contributed by atoms with van der Waals surface area (Å²) in [5.74, 6) is 0. The largest absolute Gasteiger partial charge is 0.493 e. The van der Waals surface area contributed by atoms with E-state index in [4.69, 9.17) is 0 Å². The maximum atomic E-state index is 13.1. The molecule has 0 saturated carbocycles. The van der Waals surface area contributed by atoms with E-state index in [1.165, 1.54) is 436 Å². The van der Waals surface area contributed by atoms with Crippen LogP contribution in [0.5, 0.6) is 0 Å². The number of rotatable bonds is 70. The molecule has 0 N–H and O–H groups in total. The van der Waals surface area contributed by atoms with Gasteiger partial charge in [0.05, 0.1) is 0 Å². The Bertz CT molecular complexity index is 2060. The molecule has 0 aromatic heterocycles. The second kappa shape index (κ2) is 64.8. The molecule has 1 aliphatic rings. The monoisotopic (exact) mass is 1380 g/mol. The van der Waals surface area contributed by atoms with Gasteiger partial charge < -0.3 is 5.53 Å². The minimum atomic E-state index is 0. The Morgan fingerprint density at radius 2 is 0.344 bits per heavy atom. The normalized spacial score (nSPS) is 12.6. The molecule has 0 spiro atoms. The van der Waals surface area contributed by atoms with E-state index in [2.05, 4.69) is 77.9 Å². The zero-order valence-electron chi connectivity index (χ0n) is 63.8. The summed E-state index contributed by atoms with van der Waals surface area (Å²) in [6.07, 6.45) is 93.3. The molecule has 0 atom stereocenters. The Morgan fingerprint density at radius 1 is 0.194 bits per heavy atom. The van der Waals surface area contributed by atoms with Crippen LogP contribution in [-0.4, -0.2) is 4.70 Å². The molecular formula is C90H160N2Pd. The smallest absolute Gasteiger partial charge is 0.211 e. The first kappa shape index (κ1) is 87.3. The van der Waals surface area contributed by atoms with Gasteiger partial charge in [0.25, 0.3) is 0 Å². The fraction of sp³-hybridized carbons (Fsp3) is 0.822. The van der Waals surface area contributed by atoms with E-state index >= 15 is 0 Å². The van der Waals surface area contributed by atoms with Crippen molar-refractivity contribution in [3.63, 3.8) is 0 Å². The zero-order valence-corrected chi connectivity index (χ0v) is 65.3. The van der Waals surface area contributed by atoms with E-state index in [1.807, 2.05) is 0 Å². The van der Waals surface area contributed by atoms with Crippen LogP contribution in [-0.2, 0) is 46.1 Å². The van der Waals surface area contributed by atoms with Gasteiger partial charge in [0.1, 0.15) is 0 Å². The van der Waals surface area contributed by atoms with Gasteiger partial charge in [-0.3, -0.25) is 0 Å². The van der Waals surface area contributed by atoms with Crippen molar-refractivity contribution in [2.75, 3.05) is 0 Å². The summed E-state index contributed by atoms with van der Waals surface area (Å²) < 4.78 is 1.74. The summed E-state index contributed by atoms with van der Waals surface area (Å²) in [6, 6.07) is 15.1. The number of hydrogen-bond acceptors (Lipinski definition) is 0. The van der Waals surface area contributed by atoms with Crippen LogP contribution in [0.25, 0.3) is 16.9 Å². The van der Waals surface area contributed by atoms with Gasteiger partial charge in [-0.05, 0) is 124 Å². The van der Waals surface area contributed by atoms with Gasteiger partial charge in [-0.2, -0.15) is 0 Å². The molecule has 2 aromatic rings. The summed E-state index contributed by atoms with van der Waals surface area (Å²) in [5, 5.41) is 0. The Kier molecular flexibility index (Phi) is 60.8. The first-order valence-electron chi connectivity index (χ1n) is 42.7. The summed E-state index contributed by atoms with van der Waals surface area (Å²) in [6.45, 7) is 14.0. The summed E-state index contributed by atoms with van der Waals surface area (Å²) in [7, 11) is 0. The van der Waals surface area contributed by atoms with Gasteiger partial charge in [-0.15, -0.1) is 0 Å². The molecule has 1 heterocycles. The molecule has 0 unspecified atom stereocenters. The standard InChI is InChI=1S/C90H160N2.Pd/c1-7-13-19-22-25-27-29-31-33-35-37-39-41-43-45-47-49-51-53-55-57-59-61-63-66-71-83-75-81(69-16-10-4)77-85(79-83)89-87(73-18-12-6)88(74-68-65-24-21-15-9-3)90(92(89)91)86-78-82(70-17-11-5)76-84(80-86)72-67-64-62-60-58-56-54-52-50-48-46-44-42-40-38-36-34-32-30-28-26-23-20-14-8-2;/h75-80H,7-74H2,1-6H3;. The SMILES string of the molecule is CCCCCCCCCCCCCCCCCCCCCCCCCCCc1cc(CCCC)cc(C2=C(CCCC)C(CCCCCCCC)=C(c3cc(CCCC)cc(CCCCCCCCCCCCCCCCCCCCCCCCCCC)c3)[N+]2=[N-])c1.[Pd]. The maximum absolute atomic E-state index is 13.1. The third-order valence-electron chi connectivity index (χ3n) is 21.3. The van der Waals surface area contributed by atoms with Crippen molar-refractivity contribution < 1.29 is 25.1 Å². The fourth-order valence-electron chi connectivity index (χ4n) is 15.3. The van der Waals surface area contributed by atoms with Crippen molar-refractivity contribution in [1.82, 2.24) is 0 Å². The topological polar surface area (TPSA) is 25.3 Å². The van der Waals surface area contributed by atoms with E-state index in [0.717, 1.165) is 56.3 Å². The molecule has 0 radical (unpaired) electrons. The summed E-state index contributed by atoms with van der Waals surface area (Å²) >= 11 is 0. The molecule has 3 heteroatoms. The second-order valence-corrected chi connectivity index (χ2v) is 30.3. The molecular weight excluding hydrogens is 1220 g/mol. The number of benzene rings is 2. The van der Waals surface area contributed by atoms with Crippen molar-refractivity contribution in [3.8, 4) is 0 Å². The van der Waals surface area contributed by atoms with Crippen molar-refractivity contribution in [1.29, 1.82) is 0 Å². The van der Waals surface area contributed by atoms with Crippen LogP contribution in [0.3, 0.4) is 0 Å². The minimum Gasteiger partial charge on any atom is -0.493 e. The molecule has 93 heavy (non-hydrogen) atoms. The number of unbranched alkanes of at least 4 members (excludes halogenated alkanes) is 56. The van der Waals surface area contributed by atoms with E-state index in [0.29, 0.717) is 0 Å². The molecule has 2 aromatic carbocycles. The molecule has 2 nitrogen and oxygen atoms in total. The molecule has 1 aliphatic heterocycles. The Hall–Kier alpha value is -1.82. The van der Waals surface area contributed by atoms with Crippen LogP contribution < -0.4 is 0 Å². The van der Waals surface area contributed by atoms with Gasteiger partial charge in [-0.1, -0.05) is 413 Å². The van der Waals surface area contributed by atoms with Crippen molar-refractivity contribution >= 4 is 11.4 Å². The zero-order chi connectivity index (χ0) is 65.7. The van der Waals surface area contributed by atoms with Gasteiger partial charge in [0.15, 0.2) is 0 Å². The molecule has 0 saturated heterocycles. The summed E-state index contributed by atoms with van der Waals surface area (Å²) in [4.78, 5) is 0. The predicted octanol–water partition coefficient (Wildman–Crippen LogP) is 32.1. The first-order valence-corrected chi connectivity index (χ1v) is 42.7. The third-order valence-corrected chi connectivity index (χ3v) is 21.3. The molecule has 0 bridgehead atoms. The number of hydrogen-bond donors (Lipinski definition) is 0. The van der Waals surface area contributed by atoms with E-state index in [1.54, 1.807) is 4.70 Å². The molecule has 3 rings (SSSR count). The predicted molar refractivity (Wildman–Crippen MR) is 415 cm³/mol. The maximum Gasteiger partial charge on any atom is 0.211 e. The number of aryl methyl sites for hydroxylation is 4. The van der Waals surface area contributed by atoms with Crippen LogP contribution in [0.1, 0.15) is 486 Å². The first-order chi connectivity index (χ1) is 45.5. The molecule has 0 amide bonds. The van der Waals surface area contributed by atoms with Crippen LogP contribution in [0.4, 0.5) is 0 Å². The minimum absolute atomic E-state index is 0. The molecule has 0 fully saturated rings. The van der Waals surface area contributed by atoms with Crippen LogP contribution in [0.2, 0.25) is 0 Å². The number of allylic oxidation sites excluding steroid dienone is 2. The Labute approximate surface area is 597 Å². The quantitative estimate of drug-likeness (QED) is 0.0358. The molecule has 540 valence electrons. The fourth-order valence-corrected chi connectivity index (χ4v) is 15.3. The Morgan fingerprint density at radius 3 is 0.548 bits per heavy atom. The molecule has 0 aliphatic carbocycles. The van der Waals surface area contributed by atoms with Crippen LogP contribution in [0.15, 0.2) is 47.5 Å². The Balaban J connectivity index is 0.0000295. The number of nitrogens with zero attached hydrogens (tertiary/aromatic N) is 2. The van der Waals surface area contributed by atoms with E-state index in [-0.39, 0.29) is 20.4 Å². The average molecular weight is 1380 g/mol. The second-order valence-electron chi connectivity index (χ2n) is 30.3. The average Bonchev–Trinajstić information content (AvgIpc) is 1.61. The van der Waals surface area contributed by atoms with Gasteiger partial charge >= 0.3 is 0 Å². The van der Waals surface area contributed by atoms with Gasteiger partial charge in [-0.25, -0.2) is 4.70 Å². The van der Waals surface area contributed by atoms with E-state index < -0.39 is 0 Å². The summed E-state index contributed by atoms with van der Waals surface area (Å²) in [5.41, 5.74) is 26.5. The van der Waals surface area contributed by atoms with Crippen molar-refractivity contribution in [3.05, 3.63) is 86.5 Å². The third kappa shape index (κ3) is 45.5. The van der Waals surface area contributed by atoms with Gasteiger partial charge in [0, 0.05) is 42.7 Å².